The van der Waals surface area contributed by atoms with E-state index in [-0.39, 0.29) is 5.69 Å². The summed E-state index contributed by atoms with van der Waals surface area (Å²) in [4.78, 5) is 10.1. The van der Waals surface area contributed by atoms with Crippen LogP contribution in [0.2, 0.25) is 0 Å². The molecule has 0 aromatic heterocycles. The third kappa shape index (κ3) is 1.38. The summed E-state index contributed by atoms with van der Waals surface area (Å²) in [5.41, 5.74) is 7.61. The maximum atomic E-state index is 10.5. The van der Waals surface area contributed by atoms with Gasteiger partial charge >= 0.3 is 0 Å². The SMILES string of the molecule is O=[N+]([O-])c1cc2c(cc1Br)CNN2. The first-order valence-electron chi connectivity index (χ1n) is 3.64. The summed E-state index contributed by atoms with van der Waals surface area (Å²) < 4.78 is 0.516. The topological polar surface area (TPSA) is 67.2 Å². The van der Waals surface area contributed by atoms with Crippen molar-refractivity contribution in [3.8, 4) is 0 Å². The average molecular weight is 244 g/mol. The number of nitrogens with one attached hydrogen (secondary N) is 2. The lowest BCUT2D eigenvalue weighted by molar-refractivity contribution is -0.385. The first-order valence-corrected chi connectivity index (χ1v) is 4.43. The molecule has 0 bridgehead atoms. The van der Waals surface area contributed by atoms with Crippen LogP contribution < -0.4 is 10.9 Å². The van der Waals surface area contributed by atoms with Gasteiger partial charge in [-0.05, 0) is 27.6 Å². The fourth-order valence-electron chi connectivity index (χ4n) is 1.24. The lowest BCUT2D eigenvalue weighted by Gasteiger charge is -1.99. The first kappa shape index (κ1) is 8.46. The van der Waals surface area contributed by atoms with Crippen LogP contribution in [0.3, 0.4) is 0 Å². The van der Waals surface area contributed by atoms with Gasteiger partial charge in [0.25, 0.3) is 5.69 Å². The number of hydrogen-bond acceptors (Lipinski definition) is 4. The molecule has 13 heavy (non-hydrogen) atoms. The summed E-state index contributed by atoms with van der Waals surface area (Å²) in [7, 11) is 0. The summed E-state index contributed by atoms with van der Waals surface area (Å²) in [6.07, 6.45) is 0. The predicted molar refractivity (Wildman–Crippen MR) is 51.3 cm³/mol. The summed E-state index contributed by atoms with van der Waals surface area (Å²) in [6.45, 7) is 0.686. The molecule has 1 aliphatic heterocycles. The Morgan fingerprint density at radius 2 is 2.31 bits per heavy atom. The molecule has 1 heterocycles. The van der Waals surface area contributed by atoms with Gasteiger partial charge in [0, 0.05) is 12.6 Å². The number of rotatable bonds is 1. The molecule has 0 radical (unpaired) electrons. The van der Waals surface area contributed by atoms with Crippen LogP contribution in [0, 0.1) is 10.1 Å². The minimum atomic E-state index is -0.412. The van der Waals surface area contributed by atoms with E-state index in [1.807, 2.05) is 0 Å². The minimum absolute atomic E-state index is 0.0787. The van der Waals surface area contributed by atoms with Crippen LogP contribution >= 0.6 is 15.9 Å². The molecule has 0 atom stereocenters. The van der Waals surface area contributed by atoms with E-state index >= 15 is 0 Å². The van der Waals surface area contributed by atoms with E-state index in [1.165, 1.54) is 6.07 Å². The molecule has 5 nitrogen and oxygen atoms in total. The number of nitro benzene ring substituents is 1. The van der Waals surface area contributed by atoms with Crippen molar-refractivity contribution in [1.29, 1.82) is 0 Å². The molecule has 0 unspecified atom stereocenters. The first-order chi connectivity index (χ1) is 6.18. The van der Waals surface area contributed by atoms with Crippen molar-refractivity contribution >= 4 is 27.3 Å². The van der Waals surface area contributed by atoms with Crippen LogP contribution in [0.15, 0.2) is 16.6 Å². The number of hydrogen-bond donors (Lipinski definition) is 2. The van der Waals surface area contributed by atoms with E-state index in [0.29, 0.717) is 11.0 Å². The third-order valence-corrected chi connectivity index (χ3v) is 2.51. The largest absolute Gasteiger partial charge is 0.321 e. The highest BCUT2D eigenvalue weighted by atomic mass is 79.9. The highest BCUT2D eigenvalue weighted by molar-refractivity contribution is 9.10. The average Bonchev–Trinajstić information content (AvgIpc) is 2.48. The Morgan fingerprint density at radius 1 is 1.54 bits per heavy atom. The van der Waals surface area contributed by atoms with Crippen molar-refractivity contribution in [3.63, 3.8) is 0 Å². The Hall–Kier alpha value is -1.14. The molecule has 0 saturated heterocycles. The molecule has 6 heteroatoms. The number of hydrazine groups is 1. The predicted octanol–water partition coefficient (Wildman–Crippen LogP) is 1.79. The number of anilines is 1. The molecule has 1 aromatic rings. The number of fused-ring (bicyclic) bond motifs is 1. The zero-order valence-corrected chi connectivity index (χ0v) is 8.09. The Balaban J connectivity index is 2.55. The molecule has 0 amide bonds. The maximum absolute atomic E-state index is 10.5. The normalized spacial score (nSPS) is 13.6. The van der Waals surface area contributed by atoms with E-state index in [0.717, 1.165) is 11.3 Å². The number of benzene rings is 1. The van der Waals surface area contributed by atoms with Crippen molar-refractivity contribution in [2.24, 2.45) is 0 Å². The Labute approximate surface area is 82.4 Å². The van der Waals surface area contributed by atoms with E-state index in [4.69, 9.17) is 0 Å². The Kier molecular flexibility index (Phi) is 1.93. The van der Waals surface area contributed by atoms with Gasteiger partial charge in [-0.25, -0.2) is 5.43 Å². The molecular formula is C7H6BrN3O2. The number of nitrogens with zero attached hydrogens (tertiary/aromatic N) is 1. The van der Waals surface area contributed by atoms with Crippen LogP contribution in [-0.2, 0) is 6.54 Å². The molecule has 2 N–H and O–H groups in total. The third-order valence-electron chi connectivity index (χ3n) is 1.87. The summed E-state index contributed by atoms with van der Waals surface area (Å²) in [6, 6.07) is 3.26. The second-order valence-electron chi connectivity index (χ2n) is 2.70. The summed E-state index contributed by atoms with van der Waals surface area (Å²) >= 11 is 3.15. The van der Waals surface area contributed by atoms with E-state index in [1.54, 1.807) is 6.07 Å². The molecule has 0 fully saturated rings. The van der Waals surface area contributed by atoms with Crippen molar-refractivity contribution in [1.82, 2.24) is 5.43 Å². The van der Waals surface area contributed by atoms with Gasteiger partial charge in [-0.3, -0.25) is 10.1 Å². The Morgan fingerprint density at radius 3 is 3.00 bits per heavy atom. The van der Waals surface area contributed by atoms with Crippen LogP contribution in [0.4, 0.5) is 11.4 Å². The van der Waals surface area contributed by atoms with Gasteiger partial charge in [-0.2, -0.15) is 0 Å². The fraction of sp³-hybridized carbons (Fsp3) is 0.143. The molecule has 1 aromatic carbocycles. The molecule has 1 aliphatic rings. The van der Waals surface area contributed by atoms with Gasteiger partial charge in [-0.15, -0.1) is 0 Å². The van der Waals surface area contributed by atoms with Crippen LogP contribution in [0.5, 0.6) is 0 Å². The van der Waals surface area contributed by atoms with E-state index in [9.17, 15) is 10.1 Å². The molecular weight excluding hydrogens is 238 g/mol. The quantitative estimate of drug-likeness (QED) is 0.583. The summed E-state index contributed by atoms with van der Waals surface area (Å²) in [5.74, 6) is 0. The second kappa shape index (κ2) is 2.97. The number of nitro groups is 1. The smallest absolute Gasteiger partial charge is 0.285 e. The van der Waals surface area contributed by atoms with Crippen molar-refractivity contribution < 1.29 is 4.92 Å². The van der Waals surface area contributed by atoms with Gasteiger partial charge < -0.3 is 5.43 Å². The maximum Gasteiger partial charge on any atom is 0.285 e. The van der Waals surface area contributed by atoms with Gasteiger partial charge in [0.2, 0.25) is 0 Å². The van der Waals surface area contributed by atoms with Crippen LogP contribution in [-0.4, -0.2) is 4.92 Å². The van der Waals surface area contributed by atoms with Crippen LogP contribution in [0.25, 0.3) is 0 Å². The second-order valence-corrected chi connectivity index (χ2v) is 3.55. The fourth-order valence-corrected chi connectivity index (χ4v) is 1.78. The molecule has 2 rings (SSSR count). The highest BCUT2D eigenvalue weighted by Gasteiger charge is 2.18. The monoisotopic (exact) mass is 243 g/mol. The van der Waals surface area contributed by atoms with Gasteiger partial charge in [-0.1, -0.05) is 0 Å². The van der Waals surface area contributed by atoms with Crippen LogP contribution in [0.1, 0.15) is 5.56 Å². The standard InChI is InChI=1S/C7H6BrN3O2/c8-5-1-4-3-9-10-6(4)2-7(5)11(12)13/h1-2,9-10H,3H2. The molecule has 0 aliphatic carbocycles. The van der Waals surface area contributed by atoms with Crippen molar-refractivity contribution in [3.05, 3.63) is 32.3 Å². The zero-order valence-electron chi connectivity index (χ0n) is 6.50. The lowest BCUT2D eigenvalue weighted by Crippen LogP contribution is -2.10. The zero-order chi connectivity index (χ0) is 9.42. The minimum Gasteiger partial charge on any atom is -0.321 e. The van der Waals surface area contributed by atoms with Gasteiger partial charge in [0.15, 0.2) is 0 Å². The molecule has 0 saturated carbocycles. The van der Waals surface area contributed by atoms with E-state index in [2.05, 4.69) is 26.8 Å². The lowest BCUT2D eigenvalue weighted by atomic mass is 10.2. The van der Waals surface area contributed by atoms with Crippen molar-refractivity contribution in [2.75, 3.05) is 5.43 Å². The van der Waals surface area contributed by atoms with E-state index < -0.39 is 4.92 Å². The highest BCUT2D eigenvalue weighted by Crippen LogP contribution is 2.32. The molecule has 0 spiro atoms. The summed E-state index contributed by atoms with van der Waals surface area (Å²) in [5, 5.41) is 10.5. The number of halogens is 1. The van der Waals surface area contributed by atoms with Crippen molar-refractivity contribution in [2.45, 2.75) is 6.54 Å². The molecule has 68 valence electrons. The Bertz CT molecular complexity index is 380. The van der Waals surface area contributed by atoms with Gasteiger partial charge in [0.05, 0.1) is 15.1 Å². The van der Waals surface area contributed by atoms with Gasteiger partial charge in [0.1, 0.15) is 0 Å².